The second kappa shape index (κ2) is 6.01. The Hall–Kier alpha value is -0.940. The Bertz CT molecular complexity index is 394. The average molecular weight is 266 g/mol. The highest BCUT2D eigenvalue weighted by Crippen LogP contribution is 2.22. The Balaban J connectivity index is 2.00. The van der Waals surface area contributed by atoms with Crippen molar-refractivity contribution in [3.05, 3.63) is 11.7 Å². The Kier molecular flexibility index (Phi) is 4.58. The highest BCUT2D eigenvalue weighted by atomic mass is 16.5. The molecule has 1 saturated heterocycles. The minimum absolute atomic E-state index is 0.0719. The smallest absolute Gasteiger partial charge is 0.232 e. The van der Waals surface area contributed by atoms with Gasteiger partial charge in [0.25, 0.3) is 0 Å². The molecule has 0 amide bonds. The van der Waals surface area contributed by atoms with Crippen LogP contribution in [0.15, 0.2) is 4.52 Å². The molecule has 1 aromatic rings. The quantitative estimate of drug-likeness (QED) is 0.902. The summed E-state index contributed by atoms with van der Waals surface area (Å²) in [5.41, 5.74) is -0.0719. The first-order valence-electron chi connectivity index (χ1n) is 7.22. The van der Waals surface area contributed by atoms with Crippen LogP contribution in [0, 0.1) is 0 Å². The first-order chi connectivity index (χ1) is 9.00. The summed E-state index contributed by atoms with van der Waals surface area (Å²) in [5.74, 6) is 1.54. The highest BCUT2D eigenvalue weighted by molar-refractivity contribution is 4.98. The van der Waals surface area contributed by atoms with Crippen LogP contribution in [0.4, 0.5) is 0 Å². The lowest BCUT2D eigenvalue weighted by Gasteiger charge is -2.34. The lowest BCUT2D eigenvalue weighted by molar-refractivity contribution is 0.134. The van der Waals surface area contributed by atoms with Gasteiger partial charge >= 0.3 is 0 Å². The number of likely N-dealkylation sites (tertiary alicyclic amines) is 1. The molecule has 1 aliphatic rings. The summed E-state index contributed by atoms with van der Waals surface area (Å²) in [6.45, 7) is 9.24. The molecule has 1 atom stereocenters. The summed E-state index contributed by atoms with van der Waals surface area (Å²) in [5, 5.41) is 7.40. The lowest BCUT2D eigenvalue weighted by atomic mass is 9.97. The van der Waals surface area contributed by atoms with E-state index in [4.69, 9.17) is 4.52 Å². The van der Waals surface area contributed by atoms with Crippen LogP contribution in [-0.4, -0.2) is 41.2 Å². The molecule has 1 aromatic heterocycles. The van der Waals surface area contributed by atoms with Crippen LogP contribution in [0.1, 0.15) is 51.7 Å². The van der Waals surface area contributed by atoms with Crippen molar-refractivity contribution in [2.45, 2.75) is 58.0 Å². The summed E-state index contributed by atoms with van der Waals surface area (Å²) < 4.78 is 5.36. The molecule has 2 rings (SSSR count). The molecule has 19 heavy (non-hydrogen) atoms. The number of nitrogens with one attached hydrogen (secondary N) is 1. The number of hydrogen-bond donors (Lipinski definition) is 1. The number of rotatable bonds is 4. The monoisotopic (exact) mass is 266 g/mol. The van der Waals surface area contributed by atoms with E-state index in [-0.39, 0.29) is 5.41 Å². The summed E-state index contributed by atoms with van der Waals surface area (Å²) in [6.07, 6.45) is 3.84. The van der Waals surface area contributed by atoms with Gasteiger partial charge < -0.3 is 9.84 Å². The first kappa shape index (κ1) is 14.5. The van der Waals surface area contributed by atoms with Crippen molar-refractivity contribution in [1.82, 2.24) is 20.4 Å². The Morgan fingerprint density at radius 2 is 2.16 bits per heavy atom. The number of aromatic nitrogens is 2. The van der Waals surface area contributed by atoms with Gasteiger partial charge in [0.2, 0.25) is 5.89 Å². The van der Waals surface area contributed by atoms with Crippen molar-refractivity contribution in [3.8, 4) is 0 Å². The van der Waals surface area contributed by atoms with Crippen LogP contribution < -0.4 is 5.32 Å². The number of piperidine rings is 1. The van der Waals surface area contributed by atoms with Gasteiger partial charge in [0.15, 0.2) is 5.82 Å². The Labute approximate surface area is 115 Å². The van der Waals surface area contributed by atoms with Crippen molar-refractivity contribution >= 4 is 0 Å². The predicted molar refractivity (Wildman–Crippen MR) is 75.0 cm³/mol. The fourth-order valence-electron chi connectivity index (χ4n) is 2.54. The van der Waals surface area contributed by atoms with E-state index in [2.05, 4.69) is 41.1 Å². The van der Waals surface area contributed by atoms with E-state index in [1.165, 1.54) is 19.3 Å². The van der Waals surface area contributed by atoms with E-state index in [1.807, 2.05) is 7.05 Å². The van der Waals surface area contributed by atoms with Gasteiger partial charge in [0, 0.05) is 18.0 Å². The van der Waals surface area contributed by atoms with Crippen LogP contribution in [0.25, 0.3) is 0 Å². The zero-order valence-corrected chi connectivity index (χ0v) is 12.6. The number of likely N-dealkylation sites (N-methyl/N-ethyl adjacent to an activating group) is 1. The third-order valence-electron chi connectivity index (χ3n) is 3.64. The molecule has 0 bridgehead atoms. The van der Waals surface area contributed by atoms with E-state index in [0.29, 0.717) is 6.04 Å². The fourth-order valence-corrected chi connectivity index (χ4v) is 2.54. The van der Waals surface area contributed by atoms with Gasteiger partial charge in [-0.2, -0.15) is 4.98 Å². The van der Waals surface area contributed by atoms with Gasteiger partial charge in [0.05, 0.1) is 6.54 Å². The van der Waals surface area contributed by atoms with Crippen molar-refractivity contribution in [2.75, 3.05) is 20.1 Å². The van der Waals surface area contributed by atoms with Crippen molar-refractivity contribution in [2.24, 2.45) is 0 Å². The molecule has 0 radical (unpaired) electrons. The average Bonchev–Trinajstić information content (AvgIpc) is 2.80. The third kappa shape index (κ3) is 3.76. The number of nitrogens with zero attached hydrogens (tertiary/aromatic N) is 3. The molecular formula is C14H26N4O. The first-order valence-corrected chi connectivity index (χ1v) is 7.22. The maximum atomic E-state index is 5.36. The molecule has 5 nitrogen and oxygen atoms in total. The number of hydrogen-bond acceptors (Lipinski definition) is 5. The molecule has 1 fully saturated rings. The Morgan fingerprint density at radius 1 is 1.37 bits per heavy atom. The van der Waals surface area contributed by atoms with E-state index in [1.54, 1.807) is 0 Å². The minimum atomic E-state index is -0.0719. The Morgan fingerprint density at radius 3 is 2.79 bits per heavy atom. The molecule has 1 aliphatic heterocycles. The van der Waals surface area contributed by atoms with E-state index >= 15 is 0 Å². The molecular weight excluding hydrogens is 240 g/mol. The van der Waals surface area contributed by atoms with Crippen LogP contribution in [0.3, 0.4) is 0 Å². The maximum absolute atomic E-state index is 5.36. The molecule has 0 saturated carbocycles. The second-order valence-electron chi connectivity index (χ2n) is 6.44. The van der Waals surface area contributed by atoms with Crippen molar-refractivity contribution in [3.63, 3.8) is 0 Å². The summed E-state index contributed by atoms with van der Waals surface area (Å²) in [6, 6.07) is 0.593. The van der Waals surface area contributed by atoms with Gasteiger partial charge in [0.1, 0.15) is 0 Å². The van der Waals surface area contributed by atoms with Crippen LogP contribution in [-0.2, 0) is 12.0 Å². The van der Waals surface area contributed by atoms with E-state index in [0.717, 1.165) is 31.3 Å². The molecule has 0 aromatic carbocycles. The van der Waals surface area contributed by atoms with Crippen LogP contribution in [0.5, 0.6) is 0 Å². The topological polar surface area (TPSA) is 54.2 Å². The van der Waals surface area contributed by atoms with Gasteiger partial charge in [-0.3, -0.25) is 4.90 Å². The molecule has 1 unspecified atom stereocenters. The largest absolute Gasteiger partial charge is 0.339 e. The second-order valence-corrected chi connectivity index (χ2v) is 6.44. The SMILES string of the molecule is CNCC1CCCCN1Cc1noc(C(C)(C)C)n1. The predicted octanol–water partition coefficient (Wildman–Crippen LogP) is 1.94. The van der Waals surface area contributed by atoms with E-state index < -0.39 is 0 Å². The van der Waals surface area contributed by atoms with Crippen molar-refractivity contribution in [1.29, 1.82) is 0 Å². The van der Waals surface area contributed by atoms with Crippen LogP contribution >= 0.6 is 0 Å². The zero-order valence-electron chi connectivity index (χ0n) is 12.6. The minimum Gasteiger partial charge on any atom is -0.339 e. The van der Waals surface area contributed by atoms with Gasteiger partial charge in [-0.25, -0.2) is 0 Å². The van der Waals surface area contributed by atoms with Crippen molar-refractivity contribution < 1.29 is 4.52 Å². The van der Waals surface area contributed by atoms with E-state index in [9.17, 15) is 0 Å². The lowest BCUT2D eigenvalue weighted by Crippen LogP contribution is -2.44. The maximum Gasteiger partial charge on any atom is 0.232 e. The van der Waals surface area contributed by atoms with Gasteiger partial charge in [-0.05, 0) is 26.4 Å². The summed E-state index contributed by atoms with van der Waals surface area (Å²) >= 11 is 0. The standard InChI is InChI=1S/C14H26N4O/c1-14(2,3)13-16-12(17-19-13)10-18-8-6-5-7-11(18)9-15-4/h11,15H,5-10H2,1-4H3. The van der Waals surface area contributed by atoms with Crippen LogP contribution in [0.2, 0.25) is 0 Å². The molecule has 108 valence electrons. The molecule has 1 N–H and O–H groups in total. The zero-order chi connectivity index (χ0) is 13.9. The summed E-state index contributed by atoms with van der Waals surface area (Å²) in [4.78, 5) is 7.00. The normalized spacial score (nSPS) is 21.8. The molecule has 5 heteroatoms. The van der Waals surface area contributed by atoms with Gasteiger partial charge in [-0.1, -0.05) is 32.3 Å². The highest BCUT2D eigenvalue weighted by Gasteiger charge is 2.25. The molecule has 2 heterocycles. The molecule has 0 spiro atoms. The molecule has 0 aliphatic carbocycles. The third-order valence-corrected chi connectivity index (χ3v) is 3.64. The fraction of sp³-hybridized carbons (Fsp3) is 0.857. The van der Waals surface area contributed by atoms with Gasteiger partial charge in [-0.15, -0.1) is 0 Å². The summed E-state index contributed by atoms with van der Waals surface area (Å²) in [7, 11) is 2.01.